The van der Waals surface area contributed by atoms with Gasteiger partial charge < -0.3 is 4.74 Å². The van der Waals surface area contributed by atoms with E-state index >= 15 is 0 Å². The van der Waals surface area contributed by atoms with Gasteiger partial charge in [-0.25, -0.2) is 0 Å². The molecule has 0 amide bonds. The second kappa shape index (κ2) is 3.94. The first-order valence-corrected chi connectivity index (χ1v) is 5.34. The Morgan fingerprint density at radius 3 is 2.93 bits per heavy atom. The molecule has 2 nitrogen and oxygen atoms in total. The van der Waals surface area contributed by atoms with Crippen LogP contribution in [-0.2, 0) is 6.42 Å². The second-order valence-corrected chi connectivity index (χ2v) is 4.05. The summed E-state index contributed by atoms with van der Waals surface area (Å²) in [5.74, 6) is 0.999. The first-order valence-electron chi connectivity index (χ1n) is 5.34. The number of ether oxygens (including phenoxy) is 1. The molecule has 2 rings (SSSR count). The highest BCUT2D eigenvalue weighted by molar-refractivity contribution is 5.49. The summed E-state index contributed by atoms with van der Waals surface area (Å²) >= 11 is 0. The molecule has 0 fully saturated rings. The molecule has 1 atom stereocenters. The molecule has 0 N–H and O–H groups in total. The average molecular weight is 201 g/mol. The number of fused-ring (bicyclic) bond motifs is 1. The van der Waals surface area contributed by atoms with Crippen molar-refractivity contribution in [2.24, 2.45) is 0 Å². The highest BCUT2D eigenvalue weighted by Gasteiger charge is 2.24. The molecular weight excluding hydrogens is 186 g/mol. The maximum Gasteiger partial charge on any atom is 0.122 e. The molecule has 0 saturated carbocycles. The minimum atomic E-state index is 0.0591. The zero-order valence-electron chi connectivity index (χ0n) is 9.21. The van der Waals surface area contributed by atoms with Crippen LogP contribution in [0.15, 0.2) is 12.1 Å². The fourth-order valence-electron chi connectivity index (χ4n) is 2.45. The van der Waals surface area contributed by atoms with Gasteiger partial charge in [-0.15, -0.1) is 0 Å². The van der Waals surface area contributed by atoms with Crippen LogP contribution in [0.4, 0.5) is 0 Å². The maximum absolute atomic E-state index is 9.14. The molecule has 0 saturated heterocycles. The van der Waals surface area contributed by atoms with Crippen LogP contribution in [0.1, 0.15) is 35.4 Å². The lowest BCUT2D eigenvalue weighted by atomic mass is 9.81. The van der Waals surface area contributed by atoms with Crippen molar-refractivity contribution >= 4 is 0 Å². The van der Waals surface area contributed by atoms with E-state index in [4.69, 9.17) is 10.00 Å². The van der Waals surface area contributed by atoms with E-state index in [-0.39, 0.29) is 5.92 Å². The monoisotopic (exact) mass is 201 g/mol. The fraction of sp³-hybridized carbons (Fsp3) is 0.462. The minimum Gasteiger partial charge on any atom is -0.496 e. The Kier molecular flexibility index (Phi) is 2.64. The fourth-order valence-corrected chi connectivity index (χ4v) is 2.45. The maximum atomic E-state index is 9.14. The molecule has 0 radical (unpaired) electrons. The van der Waals surface area contributed by atoms with Crippen LogP contribution in [0, 0.1) is 18.3 Å². The lowest BCUT2D eigenvalue weighted by Crippen LogP contribution is -2.11. The molecule has 15 heavy (non-hydrogen) atoms. The number of benzene rings is 1. The number of aryl methyl sites for hydroxylation is 1. The largest absolute Gasteiger partial charge is 0.496 e. The van der Waals surface area contributed by atoms with E-state index in [1.165, 1.54) is 16.7 Å². The summed E-state index contributed by atoms with van der Waals surface area (Å²) in [5.41, 5.74) is 3.68. The third-order valence-electron chi connectivity index (χ3n) is 3.18. The van der Waals surface area contributed by atoms with Crippen LogP contribution in [0.25, 0.3) is 0 Å². The van der Waals surface area contributed by atoms with Crippen molar-refractivity contribution in [3.05, 3.63) is 28.8 Å². The van der Waals surface area contributed by atoms with Crippen molar-refractivity contribution in [1.82, 2.24) is 0 Å². The summed E-state index contributed by atoms with van der Waals surface area (Å²) < 4.78 is 5.35. The summed E-state index contributed by atoms with van der Waals surface area (Å²) in [6.07, 6.45) is 3.11. The van der Waals surface area contributed by atoms with E-state index in [1.54, 1.807) is 7.11 Å². The minimum absolute atomic E-state index is 0.0591. The summed E-state index contributed by atoms with van der Waals surface area (Å²) in [5, 5.41) is 9.14. The van der Waals surface area contributed by atoms with Gasteiger partial charge in [-0.1, -0.05) is 6.07 Å². The van der Waals surface area contributed by atoms with Gasteiger partial charge in [-0.2, -0.15) is 5.26 Å². The third kappa shape index (κ3) is 1.59. The van der Waals surface area contributed by atoms with Gasteiger partial charge in [0.1, 0.15) is 5.75 Å². The summed E-state index contributed by atoms with van der Waals surface area (Å²) in [6.45, 7) is 2.08. The van der Waals surface area contributed by atoms with Crippen LogP contribution >= 0.6 is 0 Å². The van der Waals surface area contributed by atoms with Gasteiger partial charge in [0.15, 0.2) is 0 Å². The SMILES string of the molecule is COc1ccc(C)c2c1CCCC2C#N. The van der Waals surface area contributed by atoms with Crippen molar-refractivity contribution in [2.75, 3.05) is 7.11 Å². The molecule has 1 aliphatic rings. The van der Waals surface area contributed by atoms with Crippen LogP contribution in [-0.4, -0.2) is 7.11 Å². The molecule has 0 heterocycles. The second-order valence-electron chi connectivity index (χ2n) is 4.05. The predicted molar refractivity (Wildman–Crippen MR) is 59.0 cm³/mol. The van der Waals surface area contributed by atoms with Gasteiger partial charge in [0.25, 0.3) is 0 Å². The van der Waals surface area contributed by atoms with Crippen LogP contribution < -0.4 is 4.74 Å². The predicted octanol–water partition coefficient (Wildman–Crippen LogP) is 2.95. The van der Waals surface area contributed by atoms with E-state index < -0.39 is 0 Å². The molecule has 1 aliphatic carbocycles. The Balaban J connectivity index is 2.60. The van der Waals surface area contributed by atoms with Gasteiger partial charge >= 0.3 is 0 Å². The number of nitriles is 1. The Morgan fingerprint density at radius 1 is 1.47 bits per heavy atom. The van der Waals surface area contributed by atoms with E-state index in [9.17, 15) is 0 Å². The Hall–Kier alpha value is -1.49. The lowest BCUT2D eigenvalue weighted by Gasteiger charge is -2.24. The van der Waals surface area contributed by atoms with Crippen molar-refractivity contribution in [1.29, 1.82) is 5.26 Å². The molecule has 1 aromatic rings. The zero-order chi connectivity index (χ0) is 10.8. The first kappa shape index (κ1) is 10.0. The number of methoxy groups -OCH3 is 1. The molecule has 0 aromatic heterocycles. The van der Waals surface area contributed by atoms with Crippen LogP contribution in [0.3, 0.4) is 0 Å². The van der Waals surface area contributed by atoms with E-state index in [0.29, 0.717) is 0 Å². The number of rotatable bonds is 1. The molecule has 1 aromatic carbocycles. The lowest BCUT2D eigenvalue weighted by molar-refractivity contribution is 0.405. The molecule has 2 heteroatoms. The average Bonchev–Trinajstić information content (AvgIpc) is 2.29. The highest BCUT2D eigenvalue weighted by atomic mass is 16.5. The van der Waals surface area contributed by atoms with E-state index in [1.807, 2.05) is 12.1 Å². The van der Waals surface area contributed by atoms with Crippen molar-refractivity contribution in [2.45, 2.75) is 32.1 Å². The number of hydrogen-bond acceptors (Lipinski definition) is 2. The molecular formula is C13H15NO. The number of hydrogen-bond donors (Lipinski definition) is 0. The summed E-state index contributed by atoms with van der Waals surface area (Å²) in [4.78, 5) is 0. The molecule has 0 bridgehead atoms. The van der Waals surface area contributed by atoms with Crippen molar-refractivity contribution in [3.63, 3.8) is 0 Å². The summed E-state index contributed by atoms with van der Waals surface area (Å²) in [7, 11) is 1.70. The topological polar surface area (TPSA) is 33.0 Å². The standard InChI is InChI=1S/C13H15NO/c1-9-6-7-12(15-2)11-5-3-4-10(8-14)13(9)11/h6-7,10H,3-5H2,1-2H3. The van der Waals surface area contributed by atoms with Crippen molar-refractivity contribution < 1.29 is 4.74 Å². The van der Waals surface area contributed by atoms with Gasteiger partial charge in [-0.05, 0) is 48.9 Å². The Bertz CT molecular complexity index is 417. The Morgan fingerprint density at radius 2 is 2.27 bits per heavy atom. The first-order chi connectivity index (χ1) is 7.27. The van der Waals surface area contributed by atoms with Gasteiger partial charge in [0.2, 0.25) is 0 Å². The molecule has 0 aliphatic heterocycles. The van der Waals surface area contributed by atoms with Crippen molar-refractivity contribution in [3.8, 4) is 11.8 Å². The van der Waals surface area contributed by atoms with E-state index in [2.05, 4.69) is 13.0 Å². The van der Waals surface area contributed by atoms with Gasteiger partial charge in [0.05, 0.1) is 19.1 Å². The molecule has 0 spiro atoms. The molecule has 1 unspecified atom stereocenters. The smallest absolute Gasteiger partial charge is 0.122 e. The molecule has 78 valence electrons. The zero-order valence-corrected chi connectivity index (χ0v) is 9.21. The summed E-state index contributed by atoms with van der Waals surface area (Å²) in [6, 6.07) is 6.45. The van der Waals surface area contributed by atoms with Crippen LogP contribution in [0.2, 0.25) is 0 Å². The van der Waals surface area contributed by atoms with E-state index in [0.717, 1.165) is 25.0 Å². The van der Waals surface area contributed by atoms with Crippen LogP contribution in [0.5, 0.6) is 5.75 Å². The third-order valence-corrected chi connectivity index (χ3v) is 3.18. The highest BCUT2D eigenvalue weighted by Crippen LogP contribution is 2.38. The number of nitrogens with zero attached hydrogens (tertiary/aromatic N) is 1. The van der Waals surface area contributed by atoms with Gasteiger partial charge in [0, 0.05) is 0 Å². The Labute approximate surface area is 90.5 Å². The normalized spacial score (nSPS) is 19.1. The quantitative estimate of drug-likeness (QED) is 0.699. The van der Waals surface area contributed by atoms with Gasteiger partial charge in [-0.3, -0.25) is 0 Å².